The molecular formula is C26H26N2O3S2. The highest BCUT2D eigenvalue weighted by Crippen LogP contribution is 2.45. The molecule has 2 heterocycles. The van der Waals surface area contributed by atoms with Crippen LogP contribution in [0.5, 0.6) is 5.75 Å². The molecule has 7 heteroatoms. The molecule has 5 rings (SSSR count). The van der Waals surface area contributed by atoms with Crippen LogP contribution < -0.4 is 10.1 Å². The predicted octanol–water partition coefficient (Wildman–Crippen LogP) is 6.73. The number of benzene rings is 2. The van der Waals surface area contributed by atoms with E-state index in [9.17, 15) is 9.90 Å². The number of hydrogen-bond donors (Lipinski definition) is 2. The van der Waals surface area contributed by atoms with Crippen LogP contribution in [0.4, 0.5) is 5.13 Å². The largest absolute Gasteiger partial charge is 0.492 e. The van der Waals surface area contributed by atoms with Gasteiger partial charge in [-0.2, -0.15) is 0 Å². The first kappa shape index (κ1) is 21.9. The molecular weight excluding hydrogens is 452 g/mol. The van der Waals surface area contributed by atoms with Crippen molar-refractivity contribution in [1.29, 1.82) is 0 Å². The van der Waals surface area contributed by atoms with Gasteiger partial charge in [-0.3, -0.25) is 0 Å². The smallest absolute Gasteiger partial charge is 0.337 e. The zero-order valence-electron chi connectivity index (χ0n) is 18.7. The summed E-state index contributed by atoms with van der Waals surface area (Å²) in [5.74, 6) is -0.0642. The van der Waals surface area contributed by atoms with Crippen molar-refractivity contribution in [2.45, 2.75) is 33.1 Å². The first-order valence-electron chi connectivity index (χ1n) is 11.1. The Kier molecular flexibility index (Phi) is 5.85. The van der Waals surface area contributed by atoms with E-state index in [1.807, 2.05) is 42.5 Å². The highest BCUT2D eigenvalue weighted by molar-refractivity contribution is 7.22. The standard InChI is InChI=1S/C26H26N2O3S2/c1-26(2)12-11-20-18(15-26)22(24(29)30)23(32-20)16-7-9-17(10-8-16)31-14-13-27-25-28-19-5-3-4-6-21(19)33-25/h3-10H,11-15H2,1-2H3,(H,27,28)(H,29,30). The second-order valence-corrected chi connectivity index (χ2v) is 11.3. The summed E-state index contributed by atoms with van der Waals surface area (Å²) in [7, 11) is 0. The van der Waals surface area contributed by atoms with E-state index in [0.29, 0.717) is 18.7 Å². The van der Waals surface area contributed by atoms with Gasteiger partial charge in [0.2, 0.25) is 0 Å². The number of fused-ring (bicyclic) bond motifs is 2. The van der Waals surface area contributed by atoms with E-state index in [1.54, 1.807) is 22.7 Å². The first-order valence-corrected chi connectivity index (χ1v) is 12.7. The summed E-state index contributed by atoms with van der Waals surface area (Å²) in [6.45, 7) is 5.60. The third-order valence-electron chi connectivity index (χ3n) is 6.05. The Balaban J connectivity index is 1.24. The number of nitrogens with one attached hydrogen (secondary N) is 1. The lowest BCUT2D eigenvalue weighted by atomic mass is 9.76. The van der Waals surface area contributed by atoms with Crippen LogP contribution in [0.15, 0.2) is 48.5 Å². The first-order chi connectivity index (χ1) is 15.9. The zero-order chi connectivity index (χ0) is 23.0. The zero-order valence-corrected chi connectivity index (χ0v) is 20.3. The van der Waals surface area contributed by atoms with E-state index in [-0.39, 0.29) is 5.41 Å². The summed E-state index contributed by atoms with van der Waals surface area (Å²) in [5, 5.41) is 14.2. The van der Waals surface area contributed by atoms with Crippen LogP contribution in [0, 0.1) is 5.41 Å². The topological polar surface area (TPSA) is 71.5 Å². The van der Waals surface area contributed by atoms with Gasteiger partial charge in [0.05, 0.1) is 22.3 Å². The lowest BCUT2D eigenvalue weighted by Gasteiger charge is -2.29. The molecule has 0 radical (unpaired) electrons. The molecule has 0 aliphatic heterocycles. The van der Waals surface area contributed by atoms with Crippen molar-refractivity contribution >= 4 is 44.0 Å². The van der Waals surface area contributed by atoms with Gasteiger partial charge >= 0.3 is 5.97 Å². The van der Waals surface area contributed by atoms with Gasteiger partial charge in [0, 0.05) is 9.75 Å². The van der Waals surface area contributed by atoms with Gasteiger partial charge in [-0.25, -0.2) is 9.78 Å². The Morgan fingerprint density at radius 2 is 1.94 bits per heavy atom. The molecule has 2 N–H and O–H groups in total. The van der Waals surface area contributed by atoms with Crippen LogP contribution >= 0.6 is 22.7 Å². The lowest BCUT2D eigenvalue weighted by molar-refractivity contribution is 0.0696. The number of hydrogen-bond acceptors (Lipinski definition) is 6. The van der Waals surface area contributed by atoms with Crippen LogP contribution in [-0.4, -0.2) is 29.2 Å². The van der Waals surface area contributed by atoms with E-state index >= 15 is 0 Å². The molecule has 0 unspecified atom stereocenters. The number of aryl methyl sites for hydroxylation is 1. The number of aromatic nitrogens is 1. The summed E-state index contributed by atoms with van der Waals surface area (Å²) in [6.07, 6.45) is 2.87. The molecule has 1 aliphatic rings. The summed E-state index contributed by atoms with van der Waals surface area (Å²) in [6, 6.07) is 15.8. The van der Waals surface area contributed by atoms with Crippen molar-refractivity contribution in [2.75, 3.05) is 18.5 Å². The number of thiophene rings is 1. The number of carbonyl (C=O) groups is 1. The minimum atomic E-state index is -0.832. The van der Waals surface area contributed by atoms with Crippen molar-refractivity contribution in [3.63, 3.8) is 0 Å². The molecule has 2 aromatic carbocycles. The highest BCUT2D eigenvalue weighted by Gasteiger charge is 2.32. The van der Waals surface area contributed by atoms with Gasteiger partial charge in [-0.1, -0.05) is 37.3 Å². The molecule has 0 bridgehead atoms. The van der Waals surface area contributed by atoms with E-state index in [2.05, 4.69) is 30.2 Å². The Bertz CT molecular complexity index is 1270. The fourth-order valence-corrected chi connectivity index (χ4v) is 6.53. The van der Waals surface area contributed by atoms with Crippen molar-refractivity contribution in [1.82, 2.24) is 4.98 Å². The Hall–Kier alpha value is -2.90. The molecule has 33 heavy (non-hydrogen) atoms. The summed E-state index contributed by atoms with van der Waals surface area (Å²) >= 11 is 3.27. The SMILES string of the molecule is CC1(C)CCc2sc(-c3ccc(OCCNc4nc5ccccc5s4)cc3)c(C(=O)O)c2C1. The predicted molar refractivity (Wildman–Crippen MR) is 136 cm³/mol. The van der Waals surface area contributed by atoms with Crippen LogP contribution in [0.3, 0.4) is 0 Å². The van der Waals surface area contributed by atoms with E-state index in [1.165, 1.54) is 4.88 Å². The number of para-hydroxylation sites is 1. The highest BCUT2D eigenvalue weighted by atomic mass is 32.1. The van der Waals surface area contributed by atoms with Gasteiger partial charge in [-0.05, 0) is 72.2 Å². The minimum absolute atomic E-state index is 0.145. The molecule has 0 saturated heterocycles. The number of nitrogens with zero attached hydrogens (tertiary/aromatic N) is 1. The monoisotopic (exact) mass is 478 g/mol. The van der Waals surface area contributed by atoms with Crippen molar-refractivity contribution in [3.05, 3.63) is 64.5 Å². The van der Waals surface area contributed by atoms with Gasteiger partial charge in [0.1, 0.15) is 12.4 Å². The van der Waals surface area contributed by atoms with E-state index in [0.717, 1.165) is 56.4 Å². The van der Waals surface area contributed by atoms with Crippen molar-refractivity contribution in [2.24, 2.45) is 5.41 Å². The number of ether oxygens (including phenoxy) is 1. The normalized spacial score (nSPS) is 14.7. The van der Waals surface area contributed by atoms with Gasteiger partial charge < -0.3 is 15.2 Å². The number of carboxylic acid groups (broad SMARTS) is 1. The summed E-state index contributed by atoms with van der Waals surface area (Å²) < 4.78 is 7.04. The van der Waals surface area contributed by atoms with Crippen molar-refractivity contribution in [3.8, 4) is 16.2 Å². The fourth-order valence-electron chi connectivity index (χ4n) is 4.33. The number of anilines is 1. The fraction of sp³-hybridized carbons (Fsp3) is 0.308. The molecule has 0 atom stereocenters. The number of thiazole rings is 1. The molecule has 1 aliphatic carbocycles. The third kappa shape index (κ3) is 4.61. The molecule has 0 saturated carbocycles. The molecule has 170 valence electrons. The molecule has 5 nitrogen and oxygen atoms in total. The third-order valence-corrected chi connectivity index (χ3v) is 8.38. The van der Waals surface area contributed by atoms with Crippen molar-refractivity contribution < 1.29 is 14.6 Å². The number of rotatable bonds is 7. The average Bonchev–Trinajstić information content (AvgIpc) is 3.37. The Morgan fingerprint density at radius 1 is 1.15 bits per heavy atom. The second kappa shape index (κ2) is 8.80. The molecule has 0 fully saturated rings. The average molecular weight is 479 g/mol. The number of carboxylic acids is 1. The molecule has 4 aromatic rings. The summed E-state index contributed by atoms with van der Waals surface area (Å²) in [4.78, 5) is 18.8. The van der Waals surface area contributed by atoms with Crippen LogP contribution in [0.25, 0.3) is 20.7 Å². The van der Waals surface area contributed by atoms with Crippen LogP contribution in [-0.2, 0) is 12.8 Å². The quantitative estimate of drug-likeness (QED) is 0.288. The van der Waals surface area contributed by atoms with Crippen LogP contribution in [0.2, 0.25) is 0 Å². The lowest BCUT2D eigenvalue weighted by Crippen LogP contribution is -2.22. The maximum absolute atomic E-state index is 12.1. The second-order valence-electron chi connectivity index (χ2n) is 9.14. The Morgan fingerprint density at radius 3 is 2.70 bits per heavy atom. The number of aromatic carboxylic acids is 1. The van der Waals surface area contributed by atoms with E-state index < -0.39 is 5.97 Å². The molecule has 0 amide bonds. The van der Waals surface area contributed by atoms with Gasteiger partial charge in [-0.15, -0.1) is 11.3 Å². The summed E-state index contributed by atoms with van der Waals surface area (Å²) in [5.41, 5.74) is 3.59. The van der Waals surface area contributed by atoms with E-state index in [4.69, 9.17) is 4.74 Å². The maximum atomic E-state index is 12.1. The molecule has 2 aromatic heterocycles. The van der Waals surface area contributed by atoms with Crippen LogP contribution in [0.1, 0.15) is 41.1 Å². The molecule has 0 spiro atoms. The van der Waals surface area contributed by atoms with Gasteiger partial charge in [0.15, 0.2) is 5.13 Å². The maximum Gasteiger partial charge on any atom is 0.337 e. The minimum Gasteiger partial charge on any atom is -0.492 e. The Labute approximate surface area is 201 Å². The van der Waals surface area contributed by atoms with Gasteiger partial charge in [0.25, 0.3) is 0 Å².